The lowest BCUT2D eigenvalue weighted by Crippen LogP contribution is -2.37. The van der Waals surface area contributed by atoms with Crippen molar-refractivity contribution in [2.45, 2.75) is 23.7 Å². The molecule has 2 atom stereocenters. The monoisotopic (exact) mass is 225 g/mol. The van der Waals surface area contributed by atoms with Crippen molar-refractivity contribution in [1.29, 1.82) is 0 Å². The Bertz CT molecular complexity index is 256. The number of alkyl halides is 1. The molecule has 12 heavy (non-hydrogen) atoms. The van der Waals surface area contributed by atoms with Crippen molar-refractivity contribution in [3.63, 3.8) is 0 Å². The van der Waals surface area contributed by atoms with E-state index in [2.05, 4.69) is 40.2 Å². The van der Waals surface area contributed by atoms with E-state index in [4.69, 9.17) is 5.73 Å². The van der Waals surface area contributed by atoms with Crippen LogP contribution in [0.3, 0.4) is 0 Å². The third-order valence-electron chi connectivity index (χ3n) is 2.45. The van der Waals surface area contributed by atoms with Gasteiger partial charge in [0, 0.05) is 10.9 Å². The van der Waals surface area contributed by atoms with Gasteiger partial charge in [0.15, 0.2) is 0 Å². The molecule has 1 aromatic carbocycles. The van der Waals surface area contributed by atoms with E-state index in [1.54, 1.807) is 0 Å². The Balaban J connectivity index is 2.34. The van der Waals surface area contributed by atoms with Crippen LogP contribution in [0.15, 0.2) is 24.3 Å². The van der Waals surface area contributed by atoms with Gasteiger partial charge in [0.1, 0.15) is 0 Å². The number of rotatable bonds is 0. The van der Waals surface area contributed by atoms with Gasteiger partial charge < -0.3 is 5.73 Å². The molecule has 0 saturated carbocycles. The first-order valence-corrected chi connectivity index (χ1v) is 5.15. The largest absolute Gasteiger partial charge is 0.326 e. The first kappa shape index (κ1) is 8.27. The van der Waals surface area contributed by atoms with Crippen LogP contribution in [-0.2, 0) is 12.8 Å². The minimum Gasteiger partial charge on any atom is -0.326 e. The molecule has 0 radical (unpaired) electrons. The smallest absolute Gasteiger partial charge is 0.0340 e. The standard InChI is InChI=1S/C10H12BrN/c11-9-5-7-3-1-2-4-8(7)6-10(9)12/h1-4,9-10H,5-6,12H2/t9?,10-/m1/s1. The average Bonchev–Trinajstić information content (AvgIpc) is 2.07. The van der Waals surface area contributed by atoms with E-state index in [1.165, 1.54) is 11.1 Å². The summed E-state index contributed by atoms with van der Waals surface area (Å²) < 4.78 is 0. The van der Waals surface area contributed by atoms with Gasteiger partial charge in [-0.25, -0.2) is 0 Å². The van der Waals surface area contributed by atoms with Gasteiger partial charge in [0.25, 0.3) is 0 Å². The highest BCUT2D eigenvalue weighted by molar-refractivity contribution is 9.09. The molecule has 0 fully saturated rings. The summed E-state index contributed by atoms with van der Waals surface area (Å²) in [6.45, 7) is 0. The number of benzene rings is 1. The Hall–Kier alpha value is -0.340. The van der Waals surface area contributed by atoms with Crippen LogP contribution in [0.2, 0.25) is 0 Å². The summed E-state index contributed by atoms with van der Waals surface area (Å²) >= 11 is 3.60. The minimum atomic E-state index is 0.278. The predicted octanol–water partition coefficient (Wildman–Crippen LogP) is 1.88. The van der Waals surface area contributed by atoms with Crippen LogP contribution in [-0.4, -0.2) is 10.9 Å². The SMILES string of the molecule is N[C@@H]1Cc2ccccc2CC1Br. The van der Waals surface area contributed by atoms with E-state index < -0.39 is 0 Å². The number of hydrogen-bond donors (Lipinski definition) is 1. The summed E-state index contributed by atoms with van der Waals surface area (Å²) in [6, 6.07) is 8.82. The molecule has 1 aromatic rings. The van der Waals surface area contributed by atoms with Crippen molar-refractivity contribution in [2.24, 2.45) is 5.73 Å². The lowest BCUT2D eigenvalue weighted by molar-refractivity contribution is 0.599. The Morgan fingerprint density at radius 3 is 2.42 bits per heavy atom. The quantitative estimate of drug-likeness (QED) is 0.671. The highest BCUT2D eigenvalue weighted by Gasteiger charge is 2.22. The number of fused-ring (bicyclic) bond motifs is 1. The van der Waals surface area contributed by atoms with Crippen LogP contribution in [0.1, 0.15) is 11.1 Å². The van der Waals surface area contributed by atoms with Crippen LogP contribution in [0, 0.1) is 0 Å². The van der Waals surface area contributed by atoms with Crippen molar-refractivity contribution < 1.29 is 0 Å². The van der Waals surface area contributed by atoms with Gasteiger partial charge in [0.2, 0.25) is 0 Å². The van der Waals surface area contributed by atoms with Gasteiger partial charge in [-0.15, -0.1) is 0 Å². The predicted molar refractivity (Wildman–Crippen MR) is 54.5 cm³/mol. The Morgan fingerprint density at radius 1 is 1.17 bits per heavy atom. The van der Waals surface area contributed by atoms with E-state index in [0.717, 1.165) is 12.8 Å². The van der Waals surface area contributed by atoms with Gasteiger partial charge in [-0.05, 0) is 24.0 Å². The van der Waals surface area contributed by atoms with Gasteiger partial charge in [-0.1, -0.05) is 40.2 Å². The molecule has 1 unspecified atom stereocenters. The van der Waals surface area contributed by atoms with Crippen LogP contribution in [0.5, 0.6) is 0 Å². The summed E-state index contributed by atoms with van der Waals surface area (Å²) in [5.41, 5.74) is 8.81. The third-order valence-corrected chi connectivity index (χ3v) is 3.46. The summed E-state index contributed by atoms with van der Waals surface area (Å²) in [5.74, 6) is 0. The summed E-state index contributed by atoms with van der Waals surface area (Å²) in [4.78, 5) is 0.451. The van der Waals surface area contributed by atoms with Crippen molar-refractivity contribution >= 4 is 15.9 Å². The molecule has 2 N–H and O–H groups in total. The highest BCUT2D eigenvalue weighted by Crippen LogP contribution is 2.24. The summed E-state index contributed by atoms with van der Waals surface area (Å²) in [6.07, 6.45) is 2.07. The van der Waals surface area contributed by atoms with E-state index >= 15 is 0 Å². The Kier molecular flexibility index (Phi) is 2.20. The zero-order valence-corrected chi connectivity index (χ0v) is 8.42. The Morgan fingerprint density at radius 2 is 1.75 bits per heavy atom. The fourth-order valence-corrected chi connectivity index (χ4v) is 2.23. The second kappa shape index (κ2) is 3.19. The van der Waals surface area contributed by atoms with Gasteiger partial charge >= 0.3 is 0 Å². The lowest BCUT2D eigenvalue weighted by Gasteiger charge is -2.26. The second-order valence-electron chi connectivity index (χ2n) is 3.36. The second-order valence-corrected chi connectivity index (χ2v) is 4.53. The molecule has 0 aliphatic heterocycles. The summed E-state index contributed by atoms with van der Waals surface area (Å²) in [5, 5.41) is 0. The molecular weight excluding hydrogens is 214 g/mol. The zero-order valence-electron chi connectivity index (χ0n) is 6.83. The van der Waals surface area contributed by atoms with Crippen LogP contribution >= 0.6 is 15.9 Å². The van der Waals surface area contributed by atoms with Crippen LogP contribution < -0.4 is 5.73 Å². The van der Waals surface area contributed by atoms with E-state index in [0.29, 0.717) is 4.83 Å². The fourth-order valence-electron chi connectivity index (χ4n) is 1.70. The van der Waals surface area contributed by atoms with Crippen molar-refractivity contribution in [3.05, 3.63) is 35.4 Å². The fraction of sp³-hybridized carbons (Fsp3) is 0.400. The van der Waals surface area contributed by atoms with Crippen molar-refractivity contribution in [1.82, 2.24) is 0 Å². The van der Waals surface area contributed by atoms with E-state index in [1.807, 2.05) is 0 Å². The molecular formula is C10H12BrN. The molecule has 2 heteroatoms. The molecule has 0 bridgehead atoms. The Labute approximate surface area is 81.1 Å². The van der Waals surface area contributed by atoms with Gasteiger partial charge in [-0.2, -0.15) is 0 Å². The van der Waals surface area contributed by atoms with E-state index in [9.17, 15) is 0 Å². The summed E-state index contributed by atoms with van der Waals surface area (Å²) in [7, 11) is 0. The van der Waals surface area contributed by atoms with Crippen molar-refractivity contribution in [3.8, 4) is 0 Å². The molecule has 0 aromatic heterocycles. The normalized spacial score (nSPS) is 28.2. The maximum Gasteiger partial charge on any atom is 0.0340 e. The topological polar surface area (TPSA) is 26.0 Å². The molecule has 1 aliphatic carbocycles. The lowest BCUT2D eigenvalue weighted by atomic mass is 9.89. The first-order chi connectivity index (χ1) is 5.77. The van der Waals surface area contributed by atoms with Gasteiger partial charge in [-0.3, -0.25) is 0 Å². The van der Waals surface area contributed by atoms with Crippen LogP contribution in [0.4, 0.5) is 0 Å². The molecule has 0 amide bonds. The minimum absolute atomic E-state index is 0.278. The first-order valence-electron chi connectivity index (χ1n) is 4.24. The highest BCUT2D eigenvalue weighted by atomic mass is 79.9. The van der Waals surface area contributed by atoms with E-state index in [-0.39, 0.29) is 6.04 Å². The third kappa shape index (κ3) is 1.41. The van der Waals surface area contributed by atoms with Crippen molar-refractivity contribution in [2.75, 3.05) is 0 Å². The number of nitrogens with two attached hydrogens (primary N) is 1. The van der Waals surface area contributed by atoms with Crippen LogP contribution in [0.25, 0.3) is 0 Å². The van der Waals surface area contributed by atoms with Gasteiger partial charge in [0.05, 0.1) is 0 Å². The maximum atomic E-state index is 5.95. The number of hydrogen-bond acceptors (Lipinski definition) is 1. The number of halogens is 1. The molecule has 0 spiro atoms. The zero-order chi connectivity index (χ0) is 8.55. The average molecular weight is 226 g/mol. The maximum absolute atomic E-state index is 5.95. The molecule has 0 heterocycles. The molecule has 64 valence electrons. The molecule has 1 aliphatic rings. The molecule has 1 nitrogen and oxygen atoms in total. The molecule has 2 rings (SSSR count). The molecule has 0 saturated heterocycles.